The minimum atomic E-state index is -0.853. The Morgan fingerprint density at radius 2 is 1.73 bits per heavy atom. The third-order valence-electron chi connectivity index (χ3n) is 2.35. The molecule has 0 aliphatic heterocycles. The number of carbonyl (C=O) groups excluding carboxylic acids is 1. The zero-order chi connectivity index (χ0) is 12.2. The number of hydrogen-bond acceptors (Lipinski definition) is 2. The monoisotopic (exact) mass is 217 g/mol. The normalized spacial score (nSPS) is 13.4. The number of carboxylic acids is 1. The molecule has 1 atom stereocenters. The summed E-state index contributed by atoms with van der Waals surface area (Å²) in [6.07, 6.45) is 0.648. The fourth-order valence-electron chi connectivity index (χ4n) is 1.33. The molecule has 0 rings (SSSR count). The van der Waals surface area contributed by atoms with Gasteiger partial charge in [-0.3, -0.25) is 4.79 Å². The molecule has 1 N–H and O–H groups in total. The van der Waals surface area contributed by atoms with E-state index in [-0.39, 0.29) is 12.3 Å². The lowest BCUT2D eigenvalue weighted by molar-refractivity contribution is -0.887. The van der Waals surface area contributed by atoms with Crippen molar-refractivity contribution >= 4 is 11.9 Å². The molecule has 5 heteroatoms. The van der Waals surface area contributed by atoms with E-state index in [2.05, 4.69) is 0 Å². The number of rotatable bonds is 5. The number of quaternary nitrogens is 1. The molecule has 1 amide bonds. The molecule has 0 aromatic rings. The lowest BCUT2D eigenvalue weighted by atomic mass is 10.1. The van der Waals surface area contributed by atoms with E-state index in [1.807, 2.05) is 21.1 Å². The Morgan fingerprint density at radius 1 is 1.27 bits per heavy atom. The van der Waals surface area contributed by atoms with Crippen molar-refractivity contribution in [1.82, 2.24) is 4.90 Å². The van der Waals surface area contributed by atoms with Gasteiger partial charge in [0.2, 0.25) is 5.91 Å². The van der Waals surface area contributed by atoms with Gasteiger partial charge in [-0.1, -0.05) is 0 Å². The van der Waals surface area contributed by atoms with Gasteiger partial charge in [0.25, 0.3) is 0 Å². The van der Waals surface area contributed by atoms with Gasteiger partial charge in [0.1, 0.15) is 0 Å². The van der Waals surface area contributed by atoms with E-state index >= 15 is 0 Å². The summed E-state index contributed by atoms with van der Waals surface area (Å²) in [4.78, 5) is 23.8. The number of likely N-dealkylation sites (N-methyl/N-ethyl adjacent to an activating group) is 1. The van der Waals surface area contributed by atoms with Gasteiger partial charge >= 0.3 is 5.97 Å². The molecule has 0 radical (unpaired) electrons. The summed E-state index contributed by atoms with van der Waals surface area (Å²) >= 11 is 0. The largest absolute Gasteiger partial charge is 0.477 e. The number of hydrogen-bond donors (Lipinski definition) is 1. The summed E-state index contributed by atoms with van der Waals surface area (Å²) in [7, 11) is 8.80. The number of carbonyl (C=O) groups is 2. The molecule has 0 unspecified atom stereocenters. The van der Waals surface area contributed by atoms with E-state index in [0.717, 1.165) is 0 Å². The van der Waals surface area contributed by atoms with Gasteiger partial charge in [0, 0.05) is 26.9 Å². The summed E-state index contributed by atoms with van der Waals surface area (Å²) in [5.74, 6) is -0.885. The molecule has 88 valence electrons. The first kappa shape index (κ1) is 13.9. The summed E-state index contributed by atoms with van der Waals surface area (Å²) in [5, 5.41) is 9.02. The highest BCUT2D eigenvalue weighted by atomic mass is 16.4. The molecule has 0 bridgehead atoms. The van der Waals surface area contributed by atoms with Crippen LogP contribution in [-0.4, -0.2) is 67.6 Å². The lowest BCUT2D eigenvalue weighted by Crippen LogP contribution is -2.50. The van der Waals surface area contributed by atoms with Crippen LogP contribution in [0.5, 0.6) is 0 Å². The number of amides is 1. The average molecular weight is 217 g/mol. The van der Waals surface area contributed by atoms with Crippen LogP contribution in [0.2, 0.25) is 0 Å². The molecular formula is C10H21N2O3+. The molecule has 0 spiro atoms. The molecular weight excluding hydrogens is 196 g/mol. The predicted octanol–water partition coefficient (Wildman–Crippen LogP) is 0.0142. The predicted molar refractivity (Wildman–Crippen MR) is 57.4 cm³/mol. The second-order valence-electron chi connectivity index (χ2n) is 4.80. The summed E-state index contributed by atoms with van der Waals surface area (Å²) in [6, 6.07) is -0.533. The molecule has 5 nitrogen and oxygen atoms in total. The van der Waals surface area contributed by atoms with Gasteiger partial charge in [-0.05, 0) is 0 Å². The average Bonchev–Trinajstić information content (AvgIpc) is 2.00. The maximum atomic E-state index is 11.3. The van der Waals surface area contributed by atoms with Crippen LogP contribution in [0.15, 0.2) is 0 Å². The highest BCUT2D eigenvalue weighted by molar-refractivity contribution is 5.77. The van der Waals surface area contributed by atoms with Gasteiger partial charge in [0.05, 0.1) is 21.1 Å². The van der Waals surface area contributed by atoms with Crippen LogP contribution in [0.1, 0.15) is 12.8 Å². The minimum absolute atomic E-state index is 0.0327. The topological polar surface area (TPSA) is 57.6 Å². The van der Waals surface area contributed by atoms with Crippen LogP contribution in [0.25, 0.3) is 0 Å². The Kier molecular flexibility index (Phi) is 4.74. The molecule has 0 fully saturated rings. The Bertz CT molecular complexity index is 244. The van der Waals surface area contributed by atoms with Gasteiger partial charge in [-0.15, -0.1) is 0 Å². The number of nitrogens with zero attached hydrogens (tertiary/aromatic N) is 2. The van der Waals surface area contributed by atoms with E-state index in [1.54, 1.807) is 14.1 Å². The first-order valence-electron chi connectivity index (χ1n) is 4.90. The van der Waals surface area contributed by atoms with Crippen molar-refractivity contribution in [2.45, 2.75) is 18.9 Å². The minimum Gasteiger partial charge on any atom is -0.477 e. The van der Waals surface area contributed by atoms with Gasteiger partial charge in [0.15, 0.2) is 6.04 Å². The number of aliphatic carboxylic acids is 1. The highest BCUT2D eigenvalue weighted by Crippen LogP contribution is 2.11. The fraction of sp³-hybridized carbons (Fsp3) is 0.800. The zero-order valence-electron chi connectivity index (χ0n) is 10.1. The van der Waals surface area contributed by atoms with Crippen molar-refractivity contribution in [3.8, 4) is 0 Å². The number of carboxylic acid groups (broad SMARTS) is 1. The second kappa shape index (κ2) is 5.11. The Morgan fingerprint density at radius 3 is 2.00 bits per heavy atom. The molecule has 0 aliphatic rings. The summed E-state index contributed by atoms with van der Waals surface area (Å²) < 4.78 is 0.329. The van der Waals surface area contributed by atoms with Crippen molar-refractivity contribution in [1.29, 1.82) is 0 Å². The smallest absolute Gasteiger partial charge is 0.362 e. The van der Waals surface area contributed by atoms with E-state index in [9.17, 15) is 9.59 Å². The Labute approximate surface area is 90.9 Å². The van der Waals surface area contributed by atoms with Crippen LogP contribution in [0.3, 0.4) is 0 Å². The highest BCUT2D eigenvalue weighted by Gasteiger charge is 2.31. The maximum Gasteiger partial charge on any atom is 0.362 e. The molecule has 0 aromatic carbocycles. The fourth-order valence-corrected chi connectivity index (χ4v) is 1.33. The van der Waals surface area contributed by atoms with E-state index in [4.69, 9.17) is 5.11 Å². The van der Waals surface area contributed by atoms with E-state index in [1.165, 1.54) is 4.90 Å². The van der Waals surface area contributed by atoms with Gasteiger partial charge in [-0.25, -0.2) is 4.79 Å². The molecule has 15 heavy (non-hydrogen) atoms. The standard InChI is InChI=1S/C10H20N2O3/c1-11(2)9(13)7-6-8(10(14)15)12(3,4)5/h8H,6-7H2,1-5H3/p+1/t8-/m0/s1. The van der Waals surface area contributed by atoms with E-state index < -0.39 is 12.0 Å². The van der Waals surface area contributed by atoms with Crippen molar-refractivity contribution in [3.05, 3.63) is 0 Å². The second-order valence-corrected chi connectivity index (χ2v) is 4.80. The van der Waals surface area contributed by atoms with Crippen LogP contribution >= 0.6 is 0 Å². The van der Waals surface area contributed by atoms with Crippen molar-refractivity contribution < 1.29 is 19.2 Å². The first-order chi connectivity index (χ1) is 6.66. The van der Waals surface area contributed by atoms with Gasteiger partial charge < -0.3 is 14.5 Å². The maximum absolute atomic E-state index is 11.3. The Hall–Kier alpha value is -1.10. The van der Waals surface area contributed by atoms with Crippen molar-refractivity contribution in [3.63, 3.8) is 0 Å². The van der Waals surface area contributed by atoms with Crippen LogP contribution < -0.4 is 0 Å². The lowest BCUT2D eigenvalue weighted by Gasteiger charge is -2.31. The molecule has 0 aromatic heterocycles. The van der Waals surface area contributed by atoms with Crippen LogP contribution in [0.4, 0.5) is 0 Å². The third kappa shape index (κ3) is 4.78. The molecule has 0 saturated heterocycles. The SMILES string of the molecule is CN(C)C(=O)CC[C@@H](C(=O)O)[N+](C)(C)C. The third-order valence-corrected chi connectivity index (χ3v) is 2.35. The van der Waals surface area contributed by atoms with Crippen LogP contribution in [0, 0.1) is 0 Å². The summed E-state index contributed by atoms with van der Waals surface area (Å²) in [6.45, 7) is 0. The summed E-state index contributed by atoms with van der Waals surface area (Å²) in [5.41, 5.74) is 0. The van der Waals surface area contributed by atoms with Crippen molar-refractivity contribution in [2.24, 2.45) is 0 Å². The molecule has 0 saturated carbocycles. The van der Waals surface area contributed by atoms with E-state index in [0.29, 0.717) is 10.9 Å². The Balaban J connectivity index is 4.34. The van der Waals surface area contributed by atoms with Crippen LogP contribution in [-0.2, 0) is 9.59 Å². The quantitative estimate of drug-likeness (QED) is 0.660. The van der Waals surface area contributed by atoms with Crippen molar-refractivity contribution in [2.75, 3.05) is 35.2 Å². The molecule has 0 aliphatic carbocycles. The zero-order valence-corrected chi connectivity index (χ0v) is 10.1. The van der Waals surface area contributed by atoms with Gasteiger partial charge in [-0.2, -0.15) is 0 Å². The molecule has 0 heterocycles. The first-order valence-corrected chi connectivity index (χ1v) is 4.90.